The number of Topliss-reactive ketones (excluding diaryl/α,β-unsaturated/α-hetero) is 1. The van der Waals surface area contributed by atoms with Crippen molar-refractivity contribution in [2.24, 2.45) is 0 Å². The first-order valence-electron chi connectivity index (χ1n) is 7.07. The number of carboxylic acids is 1. The van der Waals surface area contributed by atoms with Crippen molar-refractivity contribution in [1.82, 2.24) is 0 Å². The molecular weight excluding hydrogens is 350 g/mol. The summed E-state index contributed by atoms with van der Waals surface area (Å²) in [6.07, 6.45) is 0. The predicted molar refractivity (Wildman–Crippen MR) is 84.2 cm³/mol. The minimum atomic E-state index is -4.13. The molecule has 8 nitrogen and oxygen atoms in total. The first-order valence-corrected chi connectivity index (χ1v) is 8.55. The highest BCUT2D eigenvalue weighted by Crippen LogP contribution is 2.38. The molecule has 0 radical (unpaired) electrons. The molecule has 0 aromatic heterocycles. The number of ether oxygens (including phenoxy) is 2. The summed E-state index contributed by atoms with van der Waals surface area (Å²) in [4.78, 5) is 22.4. The van der Waals surface area contributed by atoms with Crippen molar-refractivity contribution < 1.29 is 32.6 Å². The summed E-state index contributed by atoms with van der Waals surface area (Å²) >= 11 is 0. The fourth-order valence-corrected chi connectivity index (χ4v) is 3.43. The number of anilines is 1. The second-order valence-electron chi connectivity index (χ2n) is 5.23. The van der Waals surface area contributed by atoms with E-state index in [1.807, 2.05) is 0 Å². The van der Waals surface area contributed by atoms with Gasteiger partial charge >= 0.3 is 0 Å². The summed E-state index contributed by atoms with van der Waals surface area (Å²) < 4.78 is 37.7. The lowest BCUT2D eigenvalue weighted by Crippen LogP contribution is -2.23. The van der Waals surface area contributed by atoms with E-state index in [1.54, 1.807) is 0 Å². The summed E-state index contributed by atoms with van der Waals surface area (Å²) in [5.41, 5.74) is -0.167. The Bertz CT molecular complexity index is 982. The molecule has 0 fully saturated rings. The Kier molecular flexibility index (Phi) is 4.09. The molecule has 130 valence electrons. The number of aromatic carboxylic acids is 1. The molecule has 1 N–H and O–H groups in total. The van der Waals surface area contributed by atoms with Crippen LogP contribution in [0.25, 0.3) is 0 Å². The molecule has 25 heavy (non-hydrogen) atoms. The quantitative estimate of drug-likeness (QED) is 0.780. The summed E-state index contributed by atoms with van der Waals surface area (Å²) in [5.74, 6) is -1.23. The van der Waals surface area contributed by atoms with Gasteiger partial charge in [0.2, 0.25) is 6.79 Å². The number of fused-ring (bicyclic) bond motifs is 1. The fourth-order valence-electron chi connectivity index (χ4n) is 2.31. The van der Waals surface area contributed by atoms with Gasteiger partial charge in [0.1, 0.15) is 0 Å². The first-order chi connectivity index (χ1) is 11.8. The number of hydrogen-bond acceptors (Lipinski definition) is 7. The van der Waals surface area contributed by atoms with Crippen LogP contribution in [0.4, 0.5) is 5.69 Å². The highest BCUT2D eigenvalue weighted by molar-refractivity contribution is 7.92. The van der Waals surface area contributed by atoms with E-state index in [0.717, 1.165) is 6.07 Å². The first kappa shape index (κ1) is 16.8. The minimum Gasteiger partial charge on any atom is -0.545 e. The van der Waals surface area contributed by atoms with Crippen molar-refractivity contribution in [3.05, 3.63) is 47.5 Å². The van der Waals surface area contributed by atoms with Gasteiger partial charge in [0.05, 0.1) is 16.6 Å². The maximum Gasteiger partial charge on any atom is 0.261 e. The van der Waals surface area contributed by atoms with E-state index in [-0.39, 0.29) is 34.3 Å². The second-order valence-corrected chi connectivity index (χ2v) is 6.91. The van der Waals surface area contributed by atoms with E-state index < -0.39 is 16.0 Å². The lowest BCUT2D eigenvalue weighted by molar-refractivity contribution is -0.255. The molecular formula is C16H12NO7S-. The molecule has 1 aliphatic heterocycles. The molecule has 2 aromatic rings. The van der Waals surface area contributed by atoms with Gasteiger partial charge < -0.3 is 19.4 Å². The molecule has 0 bridgehead atoms. The Balaban J connectivity index is 2.03. The molecule has 0 unspecified atom stereocenters. The number of ketones is 1. The molecule has 0 saturated carbocycles. The molecule has 0 amide bonds. The average Bonchev–Trinajstić information content (AvgIpc) is 3.01. The SMILES string of the molecule is CC(=O)c1cc2c(cc1NS(=O)(=O)c1cccc(C(=O)[O-])c1)OCO2. The van der Waals surface area contributed by atoms with Crippen LogP contribution in [-0.4, -0.2) is 27.0 Å². The Morgan fingerprint density at radius 3 is 2.44 bits per heavy atom. The van der Waals surface area contributed by atoms with Crippen LogP contribution in [0.5, 0.6) is 11.5 Å². The highest BCUT2D eigenvalue weighted by atomic mass is 32.2. The zero-order chi connectivity index (χ0) is 18.2. The van der Waals surface area contributed by atoms with E-state index in [4.69, 9.17) is 9.47 Å². The van der Waals surface area contributed by atoms with Crippen LogP contribution in [0.1, 0.15) is 27.6 Å². The number of nitrogens with one attached hydrogen (secondary N) is 1. The lowest BCUT2D eigenvalue weighted by Gasteiger charge is -2.13. The standard InChI is InChI=1S/C16H13NO7S/c1-9(18)12-6-14-15(24-8-23-14)7-13(12)17-25(21,22)11-4-2-3-10(5-11)16(19)20/h2-7,17H,8H2,1H3,(H,19,20)/p-1. The second kappa shape index (κ2) is 6.10. The van der Waals surface area contributed by atoms with Crippen LogP contribution in [0.3, 0.4) is 0 Å². The fraction of sp³-hybridized carbons (Fsp3) is 0.125. The highest BCUT2D eigenvalue weighted by Gasteiger charge is 2.23. The number of benzene rings is 2. The van der Waals surface area contributed by atoms with Gasteiger partial charge in [-0.3, -0.25) is 9.52 Å². The van der Waals surface area contributed by atoms with Gasteiger partial charge in [-0.2, -0.15) is 0 Å². The molecule has 1 aliphatic rings. The molecule has 0 atom stereocenters. The lowest BCUT2D eigenvalue weighted by atomic mass is 10.1. The Morgan fingerprint density at radius 1 is 1.12 bits per heavy atom. The number of carbonyl (C=O) groups excluding carboxylic acids is 2. The Hall–Kier alpha value is -3.07. The summed E-state index contributed by atoms with van der Waals surface area (Å²) in [6, 6.07) is 7.44. The van der Waals surface area contributed by atoms with Gasteiger partial charge in [-0.15, -0.1) is 0 Å². The average molecular weight is 362 g/mol. The van der Waals surface area contributed by atoms with Crippen molar-refractivity contribution in [3.63, 3.8) is 0 Å². The normalized spacial score (nSPS) is 12.7. The van der Waals surface area contributed by atoms with Gasteiger partial charge in [-0.25, -0.2) is 8.42 Å². The zero-order valence-corrected chi connectivity index (χ0v) is 13.8. The molecule has 3 rings (SSSR count). The van der Waals surface area contributed by atoms with Gasteiger partial charge in [-0.05, 0) is 30.7 Å². The Morgan fingerprint density at radius 2 is 1.80 bits per heavy atom. The molecule has 0 saturated heterocycles. The van der Waals surface area contributed by atoms with Gasteiger partial charge in [0, 0.05) is 11.6 Å². The van der Waals surface area contributed by atoms with Crippen LogP contribution in [-0.2, 0) is 10.0 Å². The number of rotatable bonds is 5. The van der Waals surface area contributed by atoms with Crippen molar-refractivity contribution in [2.45, 2.75) is 11.8 Å². The van der Waals surface area contributed by atoms with Gasteiger partial charge in [0.25, 0.3) is 10.0 Å². The van der Waals surface area contributed by atoms with Gasteiger partial charge in [-0.1, -0.05) is 12.1 Å². The summed E-state index contributed by atoms with van der Waals surface area (Å²) in [7, 11) is -4.13. The van der Waals surface area contributed by atoms with Crippen molar-refractivity contribution in [3.8, 4) is 11.5 Å². The van der Waals surface area contributed by atoms with Crippen LogP contribution in [0.15, 0.2) is 41.3 Å². The third kappa shape index (κ3) is 3.26. The number of hydrogen-bond donors (Lipinski definition) is 1. The van der Waals surface area contributed by atoms with E-state index >= 15 is 0 Å². The monoisotopic (exact) mass is 362 g/mol. The van der Waals surface area contributed by atoms with E-state index in [1.165, 1.54) is 37.3 Å². The van der Waals surface area contributed by atoms with Crippen LogP contribution >= 0.6 is 0 Å². The summed E-state index contributed by atoms with van der Waals surface area (Å²) in [6.45, 7) is 1.25. The van der Waals surface area contributed by atoms with Crippen molar-refractivity contribution in [2.75, 3.05) is 11.5 Å². The largest absolute Gasteiger partial charge is 0.545 e. The van der Waals surface area contributed by atoms with E-state index in [9.17, 15) is 23.1 Å². The number of carbonyl (C=O) groups is 2. The van der Waals surface area contributed by atoms with E-state index in [0.29, 0.717) is 11.5 Å². The maximum atomic E-state index is 12.5. The number of sulfonamides is 1. The molecule has 2 aromatic carbocycles. The van der Waals surface area contributed by atoms with Crippen LogP contribution in [0.2, 0.25) is 0 Å². The van der Waals surface area contributed by atoms with Gasteiger partial charge in [0.15, 0.2) is 17.3 Å². The zero-order valence-electron chi connectivity index (χ0n) is 12.9. The van der Waals surface area contributed by atoms with Crippen LogP contribution in [0, 0.1) is 0 Å². The third-order valence-corrected chi connectivity index (χ3v) is 4.88. The number of carboxylic acid groups (broad SMARTS) is 1. The Labute approximate surface area is 143 Å². The van der Waals surface area contributed by atoms with Crippen molar-refractivity contribution >= 4 is 27.5 Å². The molecule has 1 heterocycles. The predicted octanol–water partition coefficient (Wildman–Crippen LogP) is 0.782. The van der Waals surface area contributed by atoms with Crippen molar-refractivity contribution in [1.29, 1.82) is 0 Å². The third-order valence-electron chi connectivity index (χ3n) is 3.52. The van der Waals surface area contributed by atoms with E-state index in [2.05, 4.69) is 4.72 Å². The minimum absolute atomic E-state index is 0.00982. The van der Waals surface area contributed by atoms with Crippen LogP contribution < -0.4 is 19.3 Å². The maximum absolute atomic E-state index is 12.5. The summed E-state index contributed by atoms with van der Waals surface area (Å²) in [5, 5.41) is 10.9. The molecule has 0 aliphatic carbocycles. The molecule has 0 spiro atoms. The smallest absolute Gasteiger partial charge is 0.261 e. The molecule has 9 heteroatoms. The topological polar surface area (TPSA) is 122 Å².